The SMILES string of the molecule is Cc1ccc(-c2nc(N)c3ncn([C@@H]4O[C@H](CO)[C@@H](O)[C@H]4O)c3n2)s1. The zero-order chi connectivity index (χ0) is 17.7. The fourth-order valence-corrected chi connectivity index (χ4v) is 3.70. The Kier molecular flexibility index (Phi) is 3.93. The Labute approximate surface area is 146 Å². The third kappa shape index (κ3) is 2.58. The van der Waals surface area contributed by atoms with E-state index in [1.807, 2.05) is 19.1 Å². The van der Waals surface area contributed by atoms with Gasteiger partial charge in [-0.1, -0.05) is 0 Å². The van der Waals surface area contributed by atoms with Gasteiger partial charge in [0.15, 0.2) is 23.5 Å². The quantitative estimate of drug-likeness (QED) is 0.512. The third-order valence-electron chi connectivity index (χ3n) is 4.20. The molecule has 132 valence electrons. The van der Waals surface area contributed by atoms with Gasteiger partial charge in [-0.15, -0.1) is 11.3 Å². The van der Waals surface area contributed by atoms with Crippen molar-refractivity contribution in [3.05, 3.63) is 23.3 Å². The van der Waals surface area contributed by atoms with Crippen LogP contribution in [0.4, 0.5) is 5.82 Å². The lowest BCUT2D eigenvalue weighted by Crippen LogP contribution is -2.33. The Balaban J connectivity index is 1.82. The second-order valence-electron chi connectivity index (χ2n) is 5.90. The average molecular weight is 363 g/mol. The van der Waals surface area contributed by atoms with Crippen molar-refractivity contribution in [2.45, 2.75) is 31.5 Å². The van der Waals surface area contributed by atoms with Crippen molar-refractivity contribution >= 4 is 28.3 Å². The van der Waals surface area contributed by atoms with E-state index in [1.54, 1.807) is 0 Å². The van der Waals surface area contributed by atoms with Gasteiger partial charge in [0.25, 0.3) is 0 Å². The van der Waals surface area contributed by atoms with Crippen molar-refractivity contribution in [3.8, 4) is 10.7 Å². The van der Waals surface area contributed by atoms with Gasteiger partial charge >= 0.3 is 0 Å². The molecule has 0 spiro atoms. The summed E-state index contributed by atoms with van der Waals surface area (Å²) in [5.41, 5.74) is 6.79. The molecule has 0 aromatic carbocycles. The fourth-order valence-electron chi connectivity index (χ4n) is 2.90. The molecule has 4 rings (SSSR count). The minimum absolute atomic E-state index is 0.219. The molecule has 1 saturated heterocycles. The average Bonchev–Trinajstić information content (AvgIpc) is 3.27. The summed E-state index contributed by atoms with van der Waals surface area (Å²) in [6, 6.07) is 3.88. The number of ether oxygens (including phenoxy) is 1. The van der Waals surface area contributed by atoms with E-state index < -0.39 is 31.1 Å². The maximum absolute atomic E-state index is 10.2. The Morgan fingerprint density at radius 1 is 1.28 bits per heavy atom. The summed E-state index contributed by atoms with van der Waals surface area (Å²) in [6.45, 7) is 1.58. The lowest BCUT2D eigenvalue weighted by Gasteiger charge is -2.16. The van der Waals surface area contributed by atoms with Gasteiger partial charge in [-0.25, -0.2) is 15.0 Å². The molecule has 0 bridgehead atoms. The van der Waals surface area contributed by atoms with Crippen LogP contribution in [-0.2, 0) is 4.74 Å². The zero-order valence-electron chi connectivity index (χ0n) is 13.3. The minimum Gasteiger partial charge on any atom is -0.394 e. The number of imidazole rings is 1. The van der Waals surface area contributed by atoms with Crippen LogP contribution in [0.3, 0.4) is 0 Å². The number of nitrogen functional groups attached to an aromatic ring is 1. The van der Waals surface area contributed by atoms with E-state index in [-0.39, 0.29) is 5.82 Å². The molecule has 0 unspecified atom stereocenters. The maximum Gasteiger partial charge on any atom is 0.173 e. The number of aryl methyl sites for hydroxylation is 1. The normalized spacial score (nSPS) is 26.6. The fraction of sp³-hybridized carbons (Fsp3) is 0.400. The molecule has 1 aliphatic heterocycles. The molecule has 1 aliphatic rings. The van der Waals surface area contributed by atoms with E-state index in [2.05, 4.69) is 15.0 Å². The highest BCUT2D eigenvalue weighted by molar-refractivity contribution is 7.15. The van der Waals surface area contributed by atoms with Crippen molar-refractivity contribution in [1.29, 1.82) is 0 Å². The van der Waals surface area contributed by atoms with Crippen molar-refractivity contribution in [2.24, 2.45) is 0 Å². The van der Waals surface area contributed by atoms with E-state index in [9.17, 15) is 15.3 Å². The summed E-state index contributed by atoms with van der Waals surface area (Å²) >= 11 is 1.54. The van der Waals surface area contributed by atoms with E-state index in [0.29, 0.717) is 17.0 Å². The summed E-state index contributed by atoms with van der Waals surface area (Å²) < 4.78 is 7.05. The van der Waals surface area contributed by atoms with Crippen molar-refractivity contribution < 1.29 is 20.1 Å². The second kappa shape index (κ2) is 6.00. The van der Waals surface area contributed by atoms with Gasteiger partial charge in [0.1, 0.15) is 23.8 Å². The highest BCUT2D eigenvalue weighted by Crippen LogP contribution is 2.33. The molecule has 3 aromatic heterocycles. The van der Waals surface area contributed by atoms with E-state index >= 15 is 0 Å². The zero-order valence-corrected chi connectivity index (χ0v) is 14.1. The van der Waals surface area contributed by atoms with Crippen LogP contribution in [0, 0.1) is 6.92 Å². The summed E-state index contributed by atoms with van der Waals surface area (Å²) in [6.07, 6.45) is -2.80. The Bertz CT molecular complexity index is 926. The molecule has 25 heavy (non-hydrogen) atoms. The largest absolute Gasteiger partial charge is 0.394 e. The summed E-state index contributed by atoms with van der Waals surface area (Å²) in [5.74, 6) is 0.674. The van der Waals surface area contributed by atoms with Crippen LogP contribution in [-0.4, -0.2) is 59.8 Å². The number of hydrogen-bond donors (Lipinski definition) is 4. The first kappa shape index (κ1) is 16.4. The number of thiophene rings is 1. The highest BCUT2D eigenvalue weighted by atomic mass is 32.1. The highest BCUT2D eigenvalue weighted by Gasteiger charge is 2.44. The maximum atomic E-state index is 10.2. The number of hydrogen-bond acceptors (Lipinski definition) is 9. The number of fused-ring (bicyclic) bond motifs is 1. The number of anilines is 1. The van der Waals surface area contributed by atoms with Crippen molar-refractivity contribution in [2.75, 3.05) is 12.3 Å². The van der Waals surface area contributed by atoms with Crippen LogP contribution < -0.4 is 5.73 Å². The van der Waals surface area contributed by atoms with Gasteiger partial charge < -0.3 is 25.8 Å². The second-order valence-corrected chi connectivity index (χ2v) is 7.18. The third-order valence-corrected chi connectivity index (χ3v) is 5.20. The Hall–Kier alpha value is -2.11. The molecule has 0 amide bonds. The van der Waals surface area contributed by atoms with E-state index in [4.69, 9.17) is 10.5 Å². The molecule has 9 nitrogen and oxygen atoms in total. The van der Waals surface area contributed by atoms with Gasteiger partial charge in [0.2, 0.25) is 0 Å². The molecule has 1 fully saturated rings. The summed E-state index contributed by atoms with van der Waals surface area (Å²) in [5, 5.41) is 29.5. The molecule has 10 heteroatoms. The minimum atomic E-state index is -1.22. The molecular formula is C15H17N5O4S. The number of aliphatic hydroxyl groups excluding tert-OH is 3. The standard InChI is InChI=1S/C15H17N5O4S/c1-6-2-3-8(25-6)13-18-12(16)9-14(19-13)20(5-17-9)15-11(23)10(22)7(4-21)24-15/h2-3,5,7,10-11,15,21-23H,4H2,1H3,(H2,16,18,19)/t7-,10-,11-,15-/m1/s1. The first-order valence-electron chi connectivity index (χ1n) is 7.69. The first-order chi connectivity index (χ1) is 12.0. The molecule has 5 N–H and O–H groups in total. The molecule has 4 heterocycles. The lowest BCUT2D eigenvalue weighted by atomic mass is 10.1. The predicted molar refractivity (Wildman–Crippen MR) is 90.8 cm³/mol. The summed E-state index contributed by atoms with van der Waals surface area (Å²) in [7, 11) is 0. The number of aromatic nitrogens is 4. The van der Waals surface area contributed by atoms with Crippen LogP contribution in [0.1, 0.15) is 11.1 Å². The number of rotatable bonds is 3. The summed E-state index contributed by atoms with van der Waals surface area (Å²) in [4.78, 5) is 15.0. The predicted octanol–water partition coefficient (Wildman–Crippen LogP) is 0.0569. The molecule has 0 radical (unpaired) electrons. The van der Waals surface area contributed by atoms with Crippen LogP contribution in [0.2, 0.25) is 0 Å². The number of nitrogens with zero attached hydrogens (tertiary/aromatic N) is 4. The Morgan fingerprint density at radius 3 is 2.72 bits per heavy atom. The van der Waals surface area contributed by atoms with E-state index in [1.165, 1.54) is 22.2 Å². The van der Waals surface area contributed by atoms with Gasteiger partial charge in [-0.2, -0.15) is 0 Å². The van der Waals surface area contributed by atoms with Crippen LogP contribution >= 0.6 is 11.3 Å². The van der Waals surface area contributed by atoms with Gasteiger partial charge in [-0.3, -0.25) is 4.57 Å². The molecule has 0 saturated carbocycles. The van der Waals surface area contributed by atoms with Gasteiger partial charge in [-0.05, 0) is 19.1 Å². The van der Waals surface area contributed by atoms with Crippen molar-refractivity contribution in [1.82, 2.24) is 19.5 Å². The molecular weight excluding hydrogens is 346 g/mol. The smallest absolute Gasteiger partial charge is 0.173 e. The topological polar surface area (TPSA) is 140 Å². The van der Waals surface area contributed by atoms with Gasteiger partial charge in [0, 0.05) is 4.88 Å². The first-order valence-corrected chi connectivity index (χ1v) is 8.50. The molecule has 3 aromatic rings. The number of aliphatic hydroxyl groups is 3. The monoisotopic (exact) mass is 363 g/mol. The molecule has 4 atom stereocenters. The van der Waals surface area contributed by atoms with E-state index in [0.717, 1.165) is 9.75 Å². The molecule has 0 aliphatic carbocycles. The lowest BCUT2D eigenvalue weighted by molar-refractivity contribution is -0.0511. The Morgan fingerprint density at radius 2 is 2.08 bits per heavy atom. The van der Waals surface area contributed by atoms with Crippen LogP contribution in [0.5, 0.6) is 0 Å². The van der Waals surface area contributed by atoms with Crippen LogP contribution in [0.25, 0.3) is 21.9 Å². The van der Waals surface area contributed by atoms with Crippen LogP contribution in [0.15, 0.2) is 18.5 Å². The number of nitrogens with two attached hydrogens (primary N) is 1. The van der Waals surface area contributed by atoms with Gasteiger partial charge in [0.05, 0.1) is 17.8 Å². The van der Waals surface area contributed by atoms with Crippen molar-refractivity contribution in [3.63, 3.8) is 0 Å².